The van der Waals surface area contributed by atoms with Crippen molar-refractivity contribution in [1.82, 2.24) is 10.5 Å². The molecular formula is C9H10FN3. The molecule has 0 amide bonds. The number of hydrogen-bond acceptors (Lipinski definition) is 3. The topological polar surface area (TPSA) is 18.5 Å². The van der Waals surface area contributed by atoms with Crippen molar-refractivity contribution in [3.8, 4) is 0 Å². The van der Waals surface area contributed by atoms with E-state index in [-0.39, 0.29) is 5.82 Å². The molecule has 2 rings (SSSR count). The van der Waals surface area contributed by atoms with Crippen LogP contribution in [0.4, 0.5) is 10.1 Å². The van der Waals surface area contributed by atoms with Gasteiger partial charge < -0.3 is 0 Å². The molecule has 68 valence electrons. The molecule has 0 unspecified atom stereocenters. The second kappa shape index (κ2) is 3.06. The molecule has 0 aromatic heterocycles. The van der Waals surface area contributed by atoms with Crippen LogP contribution in [0.2, 0.25) is 0 Å². The second-order valence-corrected chi connectivity index (χ2v) is 2.86. The highest BCUT2D eigenvalue weighted by Gasteiger charge is 2.08. The molecule has 1 aliphatic rings. The van der Waals surface area contributed by atoms with E-state index in [1.54, 1.807) is 17.1 Å². The zero-order chi connectivity index (χ0) is 9.26. The lowest BCUT2D eigenvalue weighted by Gasteiger charge is -2.19. The van der Waals surface area contributed by atoms with Crippen molar-refractivity contribution in [2.45, 2.75) is 0 Å². The van der Waals surface area contributed by atoms with Gasteiger partial charge in [-0.2, -0.15) is 0 Å². The fraction of sp³-hybridized carbons (Fsp3) is 0.111. The molecule has 0 spiro atoms. The first-order valence-electron chi connectivity index (χ1n) is 3.98. The van der Waals surface area contributed by atoms with Gasteiger partial charge in [0.1, 0.15) is 5.82 Å². The zero-order valence-corrected chi connectivity index (χ0v) is 7.24. The van der Waals surface area contributed by atoms with Gasteiger partial charge in [-0.15, -0.1) is 5.53 Å². The van der Waals surface area contributed by atoms with Gasteiger partial charge in [0.15, 0.2) is 0 Å². The molecule has 0 saturated carbocycles. The summed E-state index contributed by atoms with van der Waals surface area (Å²) in [6.07, 6.45) is 3.75. The van der Waals surface area contributed by atoms with E-state index >= 15 is 0 Å². The van der Waals surface area contributed by atoms with Crippen LogP contribution in [0.15, 0.2) is 36.7 Å². The summed E-state index contributed by atoms with van der Waals surface area (Å²) in [4.78, 5) is 0. The van der Waals surface area contributed by atoms with Gasteiger partial charge in [0, 0.05) is 19.4 Å². The van der Waals surface area contributed by atoms with Gasteiger partial charge in [0.2, 0.25) is 0 Å². The Bertz CT molecular complexity index is 320. The van der Waals surface area contributed by atoms with E-state index in [2.05, 4.69) is 5.53 Å². The number of benzene rings is 1. The van der Waals surface area contributed by atoms with E-state index in [1.165, 1.54) is 12.1 Å². The molecule has 0 aliphatic carbocycles. The molecule has 0 bridgehead atoms. The van der Waals surface area contributed by atoms with Crippen LogP contribution in [0.5, 0.6) is 0 Å². The first kappa shape index (κ1) is 8.07. The maximum atomic E-state index is 12.6. The van der Waals surface area contributed by atoms with Crippen LogP contribution in [0.1, 0.15) is 0 Å². The van der Waals surface area contributed by atoms with Crippen LogP contribution in [-0.2, 0) is 0 Å². The summed E-state index contributed by atoms with van der Waals surface area (Å²) in [7, 11) is 1.89. The van der Waals surface area contributed by atoms with Gasteiger partial charge in [-0.05, 0) is 24.3 Å². The Labute approximate surface area is 76.0 Å². The Morgan fingerprint density at radius 1 is 1.15 bits per heavy atom. The summed E-state index contributed by atoms with van der Waals surface area (Å²) < 4.78 is 12.6. The average Bonchev–Trinajstić information content (AvgIpc) is 2.53. The monoisotopic (exact) mass is 179 g/mol. The number of rotatable bonds is 1. The number of nitrogens with zero attached hydrogens (tertiary/aromatic N) is 2. The van der Waals surface area contributed by atoms with E-state index in [0.717, 1.165) is 5.69 Å². The van der Waals surface area contributed by atoms with Crippen LogP contribution in [0.3, 0.4) is 0 Å². The predicted octanol–water partition coefficient (Wildman–Crippen LogP) is 1.47. The van der Waals surface area contributed by atoms with Gasteiger partial charge in [0.25, 0.3) is 0 Å². The van der Waals surface area contributed by atoms with Gasteiger partial charge in [-0.25, -0.2) is 4.39 Å². The highest BCUT2D eigenvalue weighted by Crippen LogP contribution is 2.15. The summed E-state index contributed by atoms with van der Waals surface area (Å²) in [5.41, 5.74) is 3.93. The summed E-state index contributed by atoms with van der Waals surface area (Å²) in [6.45, 7) is 0. The van der Waals surface area contributed by atoms with E-state index in [1.807, 2.05) is 24.5 Å². The Hall–Kier alpha value is -1.55. The molecule has 0 radical (unpaired) electrons. The average molecular weight is 179 g/mol. The number of halogens is 1. The maximum Gasteiger partial charge on any atom is 0.123 e. The molecule has 1 aromatic rings. The normalized spacial score (nSPS) is 15.5. The lowest BCUT2D eigenvalue weighted by Crippen LogP contribution is -2.36. The van der Waals surface area contributed by atoms with Crippen molar-refractivity contribution < 1.29 is 4.39 Å². The molecular weight excluding hydrogens is 169 g/mol. The summed E-state index contributed by atoms with van der Waals surface area (Å²) >= 11 is 0. The van der Waals surface area contributed by atoms with Crippen molar-refractivity contribution >= 4 is 5.69 Å². The van der Waals surface area contributed by atoms with Crippen LogP contribution >= 0.6 is 0 Å². The molecule has 4 heteroatoms. The molecule has 1 aliphatic heterocycles. The summed E-state index contributed by atoms with van der Waals surface area (Å²) in [5.74, 6) is -0.222. The lowest BCUT2D eigenvalue weighted by atomic mass is 10.3. The number of hydrogen-bond donors (Lipinski definition) is 1. The highest BCUT2D eigenvalue weighted by molar-refractivity contribution is 5.48. The molecule has 1 heterocycles. The third-order valence-electron chi connectivity index (χ3n) is 1.81. The van der Waals surface area contributed by atoms with Crippen LogP contribution in [0, 0.1) is 5.82 Å². The minimum atomic E-state index is -0.222. The summed E-state index contributed by atoms with van der Waals surface area (Å²) in [5, 5.41) is 3.61. The van der Waals surface area contributed by atoms with Crippen molar-refractivity contribution in [2.24, 2.45) is 0 Å². The zero-order valence-electron chi connectivity index (χ0n) is 7.24. The fourth-order valence-electron chi connectivity index (χ4n) is 1.15. The minimum absolute atomic E-state index is 0.222. The first-order chi connectivity index (χ1) is 6.25. The van der Waals surface area contributed by atoms with E-state index < -0.39 is 0 Å². The molecule has 0 saturated heterocycles. The van der Waals surface area contributed by atoms with Crippen molar-refractivity contribution in [1.29, 1.82) is 0 Å². The predicted molar refractivity (Wildman–Crippen MR) is 48.9 cm³/mol. The number of hydrazine groups is 2. The van der Waals surface area contributed by atoms with Gasteiger partial charge in [-0.3, -0.25) is 10.0 Å². The van der Waals surface area contributed by atoms with Crippen molar-refractivity contribution in [2.75, 3.05) is 12.1 Å². The highest BCUT2D eigenvalue weighted by atomic mass is 19.1. The maximum absolute atomic E-state index is 12.6. The first-order valence-corrected chi connectivity index (χ1v) is 3.98. The van der Waals surface area contributed by atoms with Gasteiger partial charge in [0.05, 0.1) is 5.69 Å². The van der Waals surface area contributed by atoms with Gasteiger partial charge >= 0.3 is 0 Å². The molecule has 1 N–H and O–H groups in total. The Morgan fingerprint density at radius 2 is 1.85 bits per heavy atom. The van der Waals surface area contributed by atoms with Crippen LogP contribution < -0.4 is 10.5 Å². The molecule has 1 aromatic carbocycles. The third-order valence-corrected chi connectivity index (χ3v) is 1.81. The van der Waals surface area contributed by atoms with E-state index in [9.17, 15) is 4.39 Å². The van der Waals surface area contributed by atoms with Crippen molar-refractivity contribution in [3.63, 3.8) is 0 Å². The quantitative estimate of drug-likeness (QED) is 0.704. The minimum Gasteiger partial charge on any atom is -0.299 e. The van der Waals surface area contributed by atoms with Gasteiger partial charge in [-0.1, -0.05) is 0 Å². The van der Waals surface area contributed by atoms with Crippen LogP contribution in [0.25, 0.3) is 0 Å². The Morgan fingerprint density at radius 3 is 2.38 bits per heavy atom. The van der Waals surface area contributed by atoms with E-state index in [4.69, 9.17) is 0 Å². The molecule has 0 fully saturated rings. The van der Waals surface area contributed by atoms with Crippen LogP contribution in [-0.4, -0.2) is 12.1 Å². The largest absolute Gasteiger partial charge is 0.299 e. The fourth-order valence-corrected chi connectivity index (χ4v) is 1.15. The van der Waals surface area contributed by atoms with E-state index in [0.29, 0.717) is 0 Å². The lowest BCUT2D eigenvalue weighted by molar-refractivity contribution is 0.359. The SMILES string of the molecule is CN1C=CN(c2ccc(F)cc2)N1. The summed E-state index contributed by atoms with van der Waals surface area (Å²) in [6, 6.07) is 6.30. The molecule has 0 atom stereocenters. The smallest absolute Gasteiger partial charge is 0.123 e. The standard InChI is InChI=1S/C9H10FN3/c1-12-6-7-13(11-12)9-4-2-8(10)3-5-9/h2-7,11H,1H3. The molecule has 3 nitrogen and oxygen atoms in total. The molecule has 13 heavy (non-hydrogen) atoms. The third kappa shape index (κ3) is 1.62. The Kier molecular flexibility index (Phi) is 1.90. The number of nitrogens with one attached hydrogen (secondary N) is 1. The second-order valence-electron chi connectivity index (χ2n) is 2.86. The number of anilines is 1. The van der Waals surface area contributed by atoms with Crippen molar-refractivity contribution in [3.05, 3.63) is 42.5 Å². The Balaban J connectivity index is 2.18.